The summed E-state index contributed by atoms with van der Waals surface area (Å²) in [5.74, 6) is 2.51. The van der Waals surface area contributed by atoms with Gasteiger partial charge >= 0.3 is 0 Å². The Labute approximate surface area is 443 Å². The van der Waals surface area contributed by atoms with Gasteiger partial charge in [-0.15, -0.1) is 0 Å². The van der Waals surface area contributed by atoms with Gasteiger partial charge < -0.3 is 14.2 Å². The summed E-state index contributed by atoms with van der Waals surface area (Å²) in [6, 6.07) is 65.8. The van der Waals surface area contributed by atoms with Crippen molar-refractivity contribution in [3.05, 3.63) is 199 Å². The van der Waals surface area contributed by atoms with Crippen molar-refractivity contribution in [3.63, 3.8) is 0 Å². The molecule has 0 saturated heterocycles. The fraction of sp³-hybridized carbons (Fsp3) is 0.232. The number of para-hydroxylation sites is 3. The summed E-state index contributed by atoms with van der Waals surface area (Å²) in [6.07, 6.45) is 1.94. The molecule has 374 valence electrons. The van der Waals surface area contributed by atoms with Crippen molar-refractivity contribution in [1.29, 1.82) is 0 Å². The van der Waals surface area contributed by atoms with E-state index in [2.05, 4.69) is 272 Å². The average Bonchev–Trinajstić information content (AvgIpc) is 3.94. The van der Waals surface area contributed by atoms with Crippen LogP contribution in [0.3, 0.4) is 0 Å². The second-order valence-electron chi connectivity index (χ2n) is 25.0. The molecule has 6 heteroatoms. The maximum atomic E-state index is 7.17. The van der Waals surface area contributed by atoms with E-state index in [0.29, 0.717) is 6.67 Å². The fourth-order valence-corrected chi connectivity index (χ4v) is 12.6. The lowest BCUT2D eigenvalue weighted by molar-refractivity contribution is 0.483. The maximum absolute atomic E-state index is 7.17. The third-order valence-electron chi connectivity index (χ3n) is 15.7. The molecule has 75 heavy (non-hydrogen) atoms. The van der Waals surface area contributed by atoms with Crippen molar-refractivity contribution in [3.8, 4) is 28.4 Å². The monoisotopic (exact) mass is 997 g/mol. The number of hydrogen-bond donors (Lipinski definition) is 0. The summed E-state index contributed by atoms with van der Waals surface area (Å²) in [5, 5.41) is 11.0. The smallest absolute Gasteiger partial charge is 0.137 e. The van der Waals surface area contributed by atoms with Crippen molar-refractivity contribution in [2.24, 2.45) is 0 Å². The Hall–Kier alpha value is -7.67. The minimum absolute atomic E-state index is 0.0243. The zero-order valence-electron chi connectivity index (χ0n) is 45.7. The van der Waals surface area contributed by atoms with Crippen molar-refractivity contribution >= 4 is 89.8 Å². The lowest BCUT2D eigenvalue weighted by Crippen LogP contribution is -2.38. The highest BCUT2D eigenvalue weighted by molar-refractivity contribution is 6.88. The Bertz CT molecular complexity index is 4150. The largest absolute Gasteiger partial charge is 0.457 e. The van der Waals surface area contributed by atoms with Gasteiger partial charge in [-0.05, 0) is 109 Å². The molecule has 0 amide bonds. The molecule has 12 rings (SSSR count). The van der Waals surface area contributed by atoms with E-state index in [0.717, 1.165) is 34.0 Å². The summed E-state index contributed by atoms with van der Waals surface area (Å²) in [7, 11) is -1.91. The number of nitrogens with zero attached hydrogens (tertiary/aromatic N) is 4. The highest BCUT2D eigenvalue weighted by atomic mass is 28.3. The van der Waals surface area contributed by atoms with Gasteiger partial charge in [0.1, 0.15) is 24.0 Å². The number of fused-ring (bicyclic) bond motifs is 10. The molecule has 5 nitrogen and oxygen atoms in total. The van der Waals surface area contributed by atoms with E-state index in [1.165, 1.54) is 92.8 Å². The van der Waals surface area contributed by atoms with Gasteiger partial charge in [0, 0.05) is 51.1 Å². The summed E-state index contributed by atoms with van der Waals surface area (Å²) >= 11 is 0. The van der Waals surface area contributed by atoms with Crippen LogP contribution in [0, 0.1) is 0 Å². The van der Waals surface area contributed by atoms with Gasteiger partial charge in [-0.2, -0.15) is 0 Å². The summed E-state index contributed by atoms with van der Waals surface area (Å²) in [5.41, 5.74) is 13.1. The first-order valence-corrected chi connectivity index (χ1v) is 30.2. The van der Waals surface area contributed by atoms with Gasteiger partial charge in [0.05, 0.1) is 35.8 Å². The summed E-state index contributed by atoms with van der Waals surface area (Å²) in [4.78, 5) is 7.50. The molecule has 11 aromatic rings. The molecule has 0 N–H and O–H groups in total. The number of hydrogen-bond acceptors (Lipinski definition) is 3. The average molecular weight is 997 g/mol. The Morgan fingerprint density at radius 3 is 1.64 bits per heavy atom. The van der Waals surface area contributed by atoms with Crippen molar-refractivity contribution in [2.45, 2.75) is 105 Å². The molecule has 0 bridgehead atoms. The lowest BCUT2D eigenvalue weighted by atomic mass is 9.78. The van der Waals surface area contributed by atoms with Crippen molar-refractivity contribution in [2.75, 3.05) is 4.90 Å². The first kappa shape index (κ1) is 48.3. The highest BCUT2D eigenvalue weighted by Gasteiger charge is 2.29. The van der Waals surface area contributed by atoms with Crippen molar-refractivity contribution < 1.29 is 4.74 Å². The molecule has 0 radical (unpaired) electrons. The quantitative estimate of drug-likeness (QED) is 0.156. The van der Waals surface area contributed by atoms with E-state index in [1.54, 1.807) is 0 Å². The zero-order valence-corrected chi connectivity index (χ0v) is 46.7. The van der Waals surface area contributed by atoms with E-state index in [4.69, 9.17) is 9.72 Å². The van der Waals surface area contributed by atoms with Gasteiger partial charge in [0.25, 0.3) is 0 Å². The second-order valence-corrected chi connectivity index (χ2v) is 30.1. The van der Waals surface area contributed by atoms with E-state index in [-0.39, 0.29) is 16.2 Å². The van der Waals surface area contributed by atoms with Crippen LogP contribution in [0.25, 0.3) is 82.1 Å². The van der Waals surface area contributed by atoms with Crippen LogP contribution in [0.1, 0.15) is 79.0 Å². The number of pyridine rings is 1. The van der Waals surface area contributed by atoms with Crippen molar-refractivity contribution in [1.82, 2.24) is 14.1 Å². The molecule has 0 aliphatic carbocycles. The molecule has 0 unspecified atom stereocenters. The Kier molecular flexibility index (Phi) is 11.2. The second kappa shape index (κ2) is 17.5. The minimum atomic E-state index is -1.91. The van der Waals surface area contributed by atoms with Crippen LogP contribution < -0.4 is 14.8 Å². The van der Waals surface area contributed by atoms with Gasteiger partial charge in [0.15, 0.2) is 0 Å². The molecule has 3 aromatic heterocycles. The van der Waals surface area contributed by atoms with Gasteiger partial charge in [-0.25, -0.2) is 4.98 Å². The van der Waals surface area contributed by atoms with E-state index < -0.39 is 8.07 Å². The number of rotatable bonds is 6. The molecule has 1 aliphatic rings. The Balaban J connectivity index is 1.10. The molecule has 4 heterocycles. The molecule has 0 fully saturated rings. The maximum Gasteiger partial charge on any atom is 0.137 e. The number of anilines is 2. The SMILES string of the molecule is CC(C)(C)c1cc(-c2cccc3c4ccccc4c4ccccc4c4cccc5c4n(c23)CN5c2cc(Oc3ccc4c5ccccc5n(-c5cc(C(C)(C)C)ccn5)c4c3)cc([Si](C)(C)C)c2)cc(C(C)(C)C)c1. The van der Waals surface area contributed by atoms with E-state index >= 15 is 0 Å². The van der Waals surface area contributed by atoms with Gasteiger partial charge in [0.2, 0.25) is 0 Å². The van der Waals surface area contributed by atoms with Crippen LogP contribution in [-0.2, 0) is 22.9 Å². The molecule has 0 saturated carbocycles. The number of benzene rings is 8. The van der Waals surface area contributed by atoms with Crippen LogP contribution in [0.5, 0.6) is 11.5 Å². The lowest BCUT2D eigenvalue weighted by Gasteiger charge is -2.27. The number of ether oxygens (including phenoxy) is 1. The van der Waals surface area contributed by atoms with Crippen LogP contribution in [-0.4, -0.2) is 22.2 Å². The molecular formula is C69H68N4OSi. The van der Waals surface area contributed by atoms with E-state index in [9.17, 15) is 0 Å². The van der Waals surface area contributed by atoms with Crippen LogP contribution in [0.2, 0.25) is 19.6 Å². The molecule has 1 aliphatic heterocycles. The Morgan fingerprint density at radius 1 is 0.453 bits per heavy atom. The predicted octanol–water partition coefficient (Wildman–Crippen LogP) is 18.7. The third kappa shape index (κ3) is 8.44. The van der Waals surface area contributed by atoms with Gasteiger partial charge in [-0.3, -0.25) is 4.57 Å². The van der Waals surface area contributed by atoms with Gasteiger partial charge in [-0.1, -0.05) is 202 Å². The minimum Gasteiger partial charge on any atom is -0.457 e. The zero-order chi connectivity index (χ0) is 52.3. The molecule has 0 atom stereocenters. The fourth-order valence-electron chi connectivity index (χ4n) is 11.4. The topological polar surface area (TPSA) is 35.2 Å². The normalized spacial score (nSPS) is 13.3. The first-order valence-electron chi connectivity index (χ1n) is 26.7. The molecular weight excluding hydrogens is 929 g/mol. The summed E-state index contributed by atoms with van der Waals surface area (Å²) in [6.45, 7) is 28.7. The summed E-state index contributed by atoms with van der Waals surface area (Å²) < 4.78 is 12.1. The predicted molar refractivity (Wildman–Crippen MR) is 324 cm³/mol. The van der Waals surface area contributed by atoms with Crippen LogP contribution >= 0.6 is 0 Å². The molecule has 8 aromatic carbocycles. The molecule has 0 spiro atoms. The van der Waals surface area contributed by atoms with Crippen LogP contribution in [0.15, 0.2) is 182 Å². The standard InChI is InChI=1S/C69H68N4OSi/c1-67(2,3)45-33-34-70-64(38-45)73-61-29-18-17-25-57(61)58-32-31-49(42-63(58)73)74-50-39-48(40-51(41-50)75(10,11)12)71-43-72-65-52(44-35-46(68(4,5)6)37-47(36-44)69(7,8)9)26-19-27-59(65)55-23-15-13-21-53(55)54-22-14-16-24-56(54)60-28-20-30-62(71)66(60)72/h13-42H,43H2,1-12H3. The third-order valence-corrected chi connectivity index (χ3v) is 17.7. The first-order chi connectivity index (χ1) is 35.7. The van der Waals surface area contributed by atoms with E-state index in [1.807, 2.05) is 6.20 Å². The number of aromatic nitrogens is 3. The Morgan fingerprint density at radius 2 is 1.01 bits per heavy atom. The van der Waals surface area contributed by atoms with Crippen LogP contribution in [0.4, 0.5) is 11.4 Å². The highest BCUT2D eigenvalue weighted by Crippen LogP contribution is 2.46.